The molecule has 4 heteroatoms. The Kier molecular flexibility index (Phi) is 4.28. The summed E-state index contributed by atoms with van der Waals surface area (Å²) in [4.78, 5) is 10.2. The highest BCUT2D eigenvalue weighted by Crippen LogP contribution is 1.86. The van der Waals surface area contributed by atoms with Gasteiger partial charge in [0.1, 0.15) is 6.61 Å². The predicted molar refractivity (Wildman–Crippen MR) is 36.1 cm³/mol. The summed E-state index contributed by atoms with van der Waals surface area (Å²) in [6.07, 6.45) is 0.587. The molecule has 0 aromatic rings. The Balaban J connectivity index is 3.56. The molecule has 0 saturated carbocycles. The van der Waals surface area contributed by atoms with Crippen LogP contribution in [0.5, 0.6) is 0 Å². The van der Waals surface area contributed by atoms with Crippen molar-refractivity contribution in [3.8, 4) is 0 Å². The number of hydrogen-bond acceptors (Lipinski definition) is 4. The van der Waals surface area contributed by atoms with Crippen LogP contribution in [0, 0.1) is 0 Å². The normalized spacial score (nSPS) is 11.2. The Labute approximate surface area is 59.5 Å². The summed E-state index contributed by atoms with van der Waals surface area (Å²) in [6, 6.07) is 0. The van der Waals surface area contributed by atoms with E-state index < -0.39 is 0 Å². The minimum absolute atomic E-state index is 0.0856. The maximum Gasteiger partial charge on any atom is 0.303 e. The van der Waals surface area contributed by atoms with Gasteiger partial charge in [0.15, 0.2) is 0 Å². The lowest BCUT2D eigenvalue weighted by molar-refractivity contribution is -0.139. The van der Waals surface area contributed by atoms with Gasteiger partial charge in [-0.1, -0.05) is 12.1 Å². The molecule has 0 saturated heterocycles. The lowest BCUT2D eigenvalue weighted by Gasteiger charge is -1.99. The van der Waals surface area contributed by atoms with E-state index in [9.17, 15) is 4.79 Å². The Morgan fingerprint density at radius 1 is 1.70 bits per heavy atom. The van der Waals surface area contributed by atoms with Crippen LogP contribution < -0.4 is 0 Å². The summed E-state index contributed by atoms with van der Waals surface area (Å²) in [6.45, 7) is 3.21. The van der Waals surface area contributed by atoms with Gasteiger partial charge in [-0.3, -0.25) is 4.79 Å². The molecule has 0 bridgehead atoms. The maximum atomic E-state index is 10.2. The van der Waals surface area contributed by atoms with E-state index in [1.165, 1.54) is 6.92 Å². The van der Waals surface area contributed by atoms with Crippen LogP contribution in [0.15, 0.2) is 5.16 Å². The van der Waals surface area contributed by atoms with E-state index in [-0.39, 0.29) is 12.6 Å². The number of hydrogen-bond donors (Lipinski definition) is 1. The van der Waals surface area contributed by atoms with Crippen LogP contribution in [0.25, 0.3) is 0 Å². The largest absolute Gasteiger partial charge is 0.460 e. The number of carbonyl (C=O) groups excluding carboxylic acids is 1. The lowest BCUT2D eigenvalue weighted by Crippen LogP contribution is -2.10. The zero-order chi connectivity index (χ0) is 7.98. The first-order valence-corrected chi connectivity index (χ1v) is 3.03. The quantitative estimate of drug-likeness (QED) is 0.276. The van der Waals surface area contributed by atoms with Gasteiger partial charge in [-0.25, -0.2) is 0 Å². The van der Waals surface area contributed by atoms with Crippen LogP contribution >= 0.6 is 0 Å². The summed E-state index contributed by atoms with van der Waals surface area (Å²) >= 11 is 0. The highest BCUT2D eigenvalue weighted by molar-refractivity contribution is 5.86. The summed E-state index contributed by atoms with van der Waals surface area (Å²) in [7, 11) is 0. The third kappa shape index (κ3) is 3.88. The van der Waals surface area contributed by atoms with E-state index in [1.807, 2.05) is 6.92 Å². The SMILES string of the molecule is CCC(COC(C)=O)=NO. The minimum Gasteiger partial charge on any atom is -0.460 e. The monoisotopic (exact) mass is 145 g/mol. The molecular formula is C6H11NO3. The Morgan fingerprint density at radius 3 is 2.60 bits per heavy atom. The van der Waals surface area contributed by atoms with E-state index in [4.69, 9.17) is 5.21 Å². The number of rotatable bonds is 3. The highest BCUT2D eigenvalue weighted by atomic mass is 16.5. The average Bonchev–Trinajstić information content (AvgIpc) is 1.90. The van der Waals surface area contributed by atoms with Gasteiger partial charge in [0.05, 0.1) is 5.71 Å². The van der Waals surface area contributed by atoms with Crippen LogP contribution in [0.2, 0.25) is 0 Å². The van der Waals surface area contributed by atoms with Crippen LogP contribution in [0.1, 0.15) is 20.3 Å². The minimum atomic E-state index is -0.366. The molecule has 0 rings (SSSR count). The Morgan fingerprint density at radius 2 is 2.30 bits per heavy atom. The molecule has 0 unspecified atom stereocenters. The van der Waals surface area contributed by atoms with Gasteiger partial charge in [-0.05, 0) is 6.42 Å². The van der Waals surface area contributed by atoms with Crippen molar-refractivity contribution in [2.24, 2.45) is 5.16 Å². The number of ether oxygens (including phenoxy) is 1. The van der Waals surface area contributed by atoms with Gasteiger partial charge in [0.2, 0.25) is 0 Å². The second-order valence-electron chi connectivity index (χ2n) is 1.80. The van der Waals surface area contributed by atoms with Crippen LogP contribution in [0.4, 0.5) is 0 Å². The van der Waals surface area contributed by atoms with Crippen molar-refractivity contribution < 1.29 is 14.7 Å². The van der Waals surface area contributed by atoms with Crippen molar-refractivity contribution in [2.75, 3.05) is 6.61 Å². The molecule has 10 heavy (non-hydrogen) atoms. The average molecular weight is 145 g/mol. The maximum absolute atomic E-state index is 10.2. The molecule has 0 radical (unpaired) electrons. The molecule has 0 aliphatic rings. The number of carbonyl (C=O) groups is 1. The van der Waals surface area contributed by atoms with Crippen LogP contribution in [0.3, 0.4) is 0 Å². The van der Waals surface area contributed by atoms with Crippen molar-refractivity contribution in [1.29, 1.82) is 0 Å². The van der Waals surface area contributed by atoms with Gasteiger partial charge in [0, 0.05) is 6.92 Å². The van der Waals surface area contributed by atoms with E-state index in [0.29, 0.717) is 12.1 Å². The molecule has 4 nitrogen and oxygen atoms in total. The summed E-state index contributed by atoms with van der Waals surface area (Å²) in [5, 5.41) is 11.2. The molecule has 58 valence electrons. The van der Waals surface area contributed by atoms with Gasteiger partial charge < -0.3 is 9.94 Å². The molecular weight excluding hydrogens is 134 g/mol. The van der Waals surface area contributed by atoms with Crippen molar-refractivity contribution in [3.63, 3.8) is 0 Å². The number of nitrogens with zero attached hydrogens (tertiary/aromatic N) is 1. The summed E-state index contributed by atoms with van der Waals surface area (Å²) < 4.78 is 4.56. The smallest absolute Gasteiger partial charge is 0.303 e. The summed E-state index contributed by atoms with van der Waals surface area (Å²) in [5.41, 5.74) is 0.468. The molecule has 0 fully saturated rings. The molecule has 0 amide bonds. The molecule has 1 N–H and O–H groups in total. The van der Waals surface area contributed by atoms with Crippen molar-refractivity contribution in [2.45, 2.75) is 20.3 Å². The fourth-order valence-electron chi connectivity index (χ4n) is 0.387. The Bertz CT molecular complexity index is 142. The second-order valence-corrected chi connectivity index (χ2v) is 1.80. The number of esters is 1. The van der Waals surface area contributed by atoms with E-state index in [0.717, 1.165) is 0 Å². The molecule has 0 aromatic carbocycles. The van der Waals surface area contributed by atoms with Crippen LogP contribution in [-0.4, -0.2) is 23.5 Å². The van der Waals surface area contributed by atoms with E-state index in [1.54, 1.807) is 0 Å². The molecule has 0 spiro atoms. The standard InChI is InChI=1S/C6H11NO3/c1-3-6(7-9)4-10-5(2)8/h9H,3-4H2,1-2H3. The first-order chi connectivity index (χ1) is 4.70. The predicted octanol–water partition coefficient (Wildman–Crippen LogP) is 0.790. The van der Waals surface area contributed by atoms with Gasteiger partial charge in [0.25, 0.3) is 0 Å². The van der Waals surface area contributed by atoms with E-state index >= 15 is 0 Å². The molecule has 0 aromatic heterocycles. The first-order valence-electron chi connectivity index (χ1n) is 3.03. The van der Waals surface area contributed by atoms with Gasteiger partial charge in [-0.15, -0.1) is 0 Å². The zero-order valence-electron chi connectivity index (χ0n) is 6.13. The first kappa shape index (κ1) is 8.94. The summed E-state index contributed by atoms with van der Waals surface area (Å²) in [5.74, 6) is -0.366. The molecule has 0 atom stereocenters. The fraction of sp³-hybridized carbons (Fsp3) is 0.667. The van der Waals surface area contributed by atoms with Crippen molar-refractivity contribution in [3.05, 3.63) is 0 Å². The third-order valence-corrected chi connectivity index (χ3v) is 0.992. The zero-order valence-corrected chi connectivity index (χ0v) is 6.13. The topological polar surface area (TPSA) is 58.9 Å². The highest BCUT2D eigenvalue weighted by Gasteiger charge is 1.98. The lowest BCUT2D eigenvalue weighted by atomic mass is 10.3. The van der Waals surface area contributed by atoms with E-state index in [2.05, 4.69) is 9.89 Å². The molecule has 0 aliphatic heterocycles. The van der Waals surface area contributed by atoms with Crippen LogP contribution in [-0.2, 0) is 9.53 Å². The molecule has 0 aliphatic carbocycles. The van der Waals surface area contributed by atoms with Gasteiger partial charge >= 0.3 is 5.97 Å². The second kappa shape index (κ2) is 4.78. The van der Waals surface area contributed by atoms with Gasteiger partial charge in [-0.2, -0.15) is 0 Å². The fourth-order valence-corrected chi connectivity index (χ4v) is 0.387. The number of oxime groups is 1. The Hall–Kier alpha value is -1.06. The van der Waals surface area contributed by atoms with Crippen molar-refractivity contribution in [1.82, 2.24) is 0 Å². The molecule has 0 heterocycles. The third-order valence-electron chi connectivity index (χ3n) is 0.992. The van der Waals surface area contributed by atoms with Crippen molar-refractivity contribution >= 4 is 11.7 Å².